The van der Waals surface area contributed by atoms with Crippen molar-refractivity contribution in [2.45, 2.75) is 51.5 Å². The summed E-state index contributed by atoms with van der Waals surface area (Å²) >= 11 is 0. The molecule has 0 heterocycles. The highest BCUT2D eigenvalue weighted by molar-refractivity contribution is 5.84. The smallest absolute Gasteiger partial charge is 0.237 e. The van der Waals surface area contributed by atoms with Crippen LogP contribution in [0.25, 0.3) is 0 Å². The zero-order valence-electron chi connectivity index (χ0n) is 12.2. The van der Waals surface area contributed by atoms with E-state index in [1.165, 1.54) is 25.8 Å². The molecular formula is C14H29N3O. The first kappa shape index (κ1) is 15.4. The molecule has 1 unspecified atom stereocenters. The van der Waals surface area contributed by atoms with Gasteiger partial charge in [-0.3, -0.25) is 4.79 Å². The summed E-state index contributed by atoms with van der Waals surface area (Å²) in [6.07, 6.45) is 6.00. The van der Waals surface area contributed by atoms with E-state index in [1.807, 2.05) is 13.8 Å². The van der Waals surface area contributed by atoms with Crippen molar-refractivity contribution in [2.75, 3.05) is 26.7 Å². The number of nitrogens with zero attached hydrogens (tertiary/aromatic N) is 1. The minimum atomic E-state index is -0.550. The summed E-state index contributed by atoms with van der Waals surface area (Å²) in [5.74, 6) is 0.664. The van der Waals surface area contributed by atoms with E-state index >= 15 is 0 Å². The first-order valence-electron chi connectivity index (χ1n) is 7.21. The van der Waals surface area contributed by atoms with Crippen LogP contribution in [0.15, 0.2) is 0 Å². The van der Waals surface area contributed by atoms with Gasteiger partial charge in [0.2, 0.25) is 5.91 Å². The van der Waals surface area contributed by atoms with Gasteiger partial charge in [-0.05, 0) is 58.7 Å². The Balaban J connectivity index is 2.22. The van der Waals surface area contributed by atoms with E-state index in [2.05, 4.69) is 17.3 Å². The first-order valence-corrected chi connectivity index (χ1v) is 7.21. The van der Waals surface area contributed by atoms with E-state index in [0.29, 0.717) is 0 Å². The molecule has 1 aliphatic rings. The maximum absolute atomic E-state index is 11.5. The Morgan fingerprint density at radius 2 is 2.17 bits per heavy atom. The van der Waals surface area contributed by atoms with Gasteiger partial charge in [0.1, 0.15) is 0 Å². The van der Waals surface area contributed by atoms with Crippen molar-refractivity contribution in [3.05, 3.63) is 0 Å². The lowest BCUT2D eigenvalue weighted by Gasteiger charge is -2.31. The second-order valence-corrected chi connectivity index (χ2v) is 5.89. The molecule has 18 heavy (non-hydrogen) atoms. The molecule has 1 rings (SSSR count). The van der Waals surface area contributed by atoms with Gasteiger partial charge < -0.3 is 16.0 Å². The number of nitrogens with one attached hydrogen (secondary N) is 1. The van der Waals surface area contributed by atoms with Crippen LogP contribution in [-0.2, 0) is 4.79 Å². The molecule has 1 atom stereocenters. The number of hydrogen-bond acceptors (Lipinski definition) is 3. The van der Waals surface area contributed by atoms with Crippen LogP contribution in [0.5, 0.6) is 0 Å². The number of carbonyl (C=O) groups is 1. The highest BCUT2D eigenvalue weighted by Crippen LogP contribution is 2.26. The fourth-order valence-corrected chi connectivity index (χ4v) is 2.60. The fraction of sp³-hybridized carbons (Fsp3) is 0.929. The van der Waals surface area contributed by atoms with Gasteiger partial charge in [0.05, 0.1) is 5.54 Å². The van der Waals surface area contributed by atoms with Crippen molar-refractivity contribution in [1.82, 2.24) is 10.2 Å². The zero-order chi connectivity index (χ0) is 13.6. The van der Waals surface area contributed by atoms with Gasteiger partial charge in [0.15, 0.2) is 0 Å². The van der Waals surface area contributed by atoms with E-state index in [-0.39, 0.29) is 5.91 Å². The quantitative estimate of drug-likeness (QED) is 0.654. The Morgan fingerprint density at radius 3 is 2.61 bits per heavy atom. The molecule has 4 nitrogen and oxygen atoms in total. The van der Waals surface area contributed by atoms with Crippen LogP contribution in [0.3, 0.4) is 0 Å². The Bertz CT molecular complexity index is 266. The van der Waals surface area contributed by atoms with Crippen LogP contribution in [0.4, 0.5) is 0 Å². The molecule has 1 saturated carbocycles. The first-order chi connectivity index (χ1) is 8.48. The Hall–Kier alpha value is -0.610. The van der Waals surface area contributed by atoms with E-state index in [9.17, 15) is 4.79 Å². The minimum absolute atomic E-state index is 0.244. The molecule has 0 aromatic carbocycles. The highest BCUT2D eigenvalue weighted by atomic mass is 16.1. The molecule has 1 aliphatic carbocycles. The number of hydrogen-bond donors (Lipinski definition) is 2. The summed E-state index contributed by atoms with van der Waals surface area (Å²) in [4.78, 5) is 13.9. The largest absolute Gasteiger partial charge is 0.368 e. The Labute approximate surface area is 111 Å². The van der Waals surface area contributed by atoms with Crippen LogP contribution < -0.4 is 11.1 Å². The zero-order valence-corrected chi connectivity index (χ0v) is 12.2. The standard InChI is InChI=1S/C14H29N3O/c1-4-16-14(2,13(15)18)9-6-10-17(3)11-12-7-5-8-12/h12,16H,4-11H2,1-3H3,(H2,15,18). The number of likely N-dealkylation sites (N-methyl/N-ethyl adjacent to an activating group) is 1. The Morgan fingerprint density at radius 1 is 1.50 bits per heavy atom. The second kappa shape index (κ2) is 7.10. The van der Waals surface area contributed by atoms with Gasteiger partial charge in [0, 0.05) is 6.54 Å². The average molecular weight is 255 g/mol. The highest BCUT2D eigenvalue weighted by Gasteiger charge is 2.29. The van der Waals surface area contributed by atoms with E-state index in [0.717, 1.165) is 31.8 Å². The van der Waals surface area contributed by atoms with Crippen LogP contribution in [0, 0.1) is 5.92 Å². The minimum Gasteiger partial charge on any atom is -0.368 e. The van der Waals surface area contributed by atoms with Gasteiger partial charge in [-0.2, -0.15) is 0 Å². The lowest BCUT2D eigenvalue weighted by molar-refractivity contribution is -0.124. The normalized spacial score (nSPS) is 19.6. The summed E-state index contributed by atoms with van der Waals surface area (Å²) in [5.41, 5.74) is 4.92. The van der Waals surface area contributed by atoms with Crippen molar-refractivity contribution >= 4 is 5.91 Å². The molecule has 0 radical (unpaired) electrons. The van der Waals surface area contributed by atoms with Gasteiger partial charge in [-0.15, -0.1) is 0 Å². The lowest BCUT2D eigenvalue weighted by Crippen LogP contribution is -2.53. The molecule has 106 valence electrons. The number of amides is 1. The van der Waals surface area contributed by atoms with Crippen molar-refractivity contribution in [1.29, 1.82) is 0 Å². The van der Waals surface area contributed by atoms with Gasteiger partial charge in [-0.25, -0.2) is 0 Å². The molecule has 1 fully saturated rings. The van der Waals surface area contributed by atoms with E-state index in [4.69, 9.17) is 5.73 Å². The van der Waals surface area contributed by atoms with Crippen LogP contribution in [0.2, 0.25) is 0 Å². The Kier molecular flexibility index (Phi) is 6.09. The second-order valence-electron chi connectivity index (χ2n) is 5.89. The fourth-order valence-electron chi connectivity index (χ4n) is 2.60. The van der Waals surface area contributed by atoms with Crippen molar-refractivity contribution < 1.29 is 4.79 Å². The number of carbonyl (C=O) groups excluding carboxylic acids is 1. The topological polar surface area (TPSA) is 58.4 Å². The summed E-state index contributed by atoms with van der Waals surface area (Å²) in [7, 11) is 2.17. The van der Waals surface area contributed by atoms with Crippen LogP contribution in [-0.4, -0.2) is 43.0 Å². The maximum Gasteiger partial charge on any atom is 0.237 e. The monoisotopic (exact) mass is 255 g/mol. The third-order valence-electron chi connectivity index (χ3n) is 4.12. The van der Waals surface area contributed by atoms with E-state index in [1.54, 1.807) is 0 Å². The molecule has 0 spiro atoms. The molecule has 3 N–H and O–H groups in total. The maximum atomic E-state index is 11.5. The number of nitrogens with two attached hydrogens (primary N) is 1. The predicted molar refractivity (Wildman–Crippen MR) is 75.3 cm³/mol. The average Bonchev–Trinajstić information content (AvgIpc) is 2.23. The number of rotatable bonds is 9. The predicted octanol–water partition coefficient (Wildman–Crippen LogP) is 1.35. The third kappa shape index (κ3) is 4.58. The van der Waals surface area contributed by atoms with Crippen molar-refractivity contribution in [3.63, 3.8) is 0 Å². The molecule has 0 aliphatic heterocycles. The molecule has 0 aromatic rings. The van der Waals surface area contributed by atoms with Crippen molar-refractivity contribution in [2.24, 2.45) is 11.7 Å². The molecule has 0 aromatic heterocycles. The molecule has 0 bridgehead atoms. The molecule has 0 saturated heterocycles. The van der Waals surface area contributed by atoms with E-state index < -0.39 is 5.54 Å². The number of primary amides is 1. The molecule has 4 heteroatoms. The van der Waals surface area contributed by atoms with Gasteiger partial charge in [-0.1, -0.05) is 13.3 Å². The molecule has 1 amide bonds. The van der Waals surface area contributed by atoms with Crippen LogP contribution in [0.1, 0.15) is 46.0 Å². The van der Waals surface area contributed by atoms with Gasteiger partial charge >= 0.3 is 0 Å². The third-order valence-corrected chi connectivity index (χ3v) is 4.12. The lowest BCUT2D eigenvalue weighted by atomic mass is 9.85. The van der Waals surface area contributed by atoms with Crippen molar-refractivity contribution in [3.8, 4) is 0 Å². The SMILES string of the molecule is CCNC(C)(CCCN(C)CC1CCC1)C(N)=O. The van der Waals surface area contributed by atoms with Crippen LogP contribution >= 0.6 is 0 Å². The molecular weight excluding hydrogens is 226 g/mol. The summed E-state index contributed by atoms with van der Waals surface area (Å²) < 4.78 is 0. The van der Waals surface area contributed by atoms with Gasteiger partial charge in [0.25, 0.3) is 0 Å². The summed E-state index contributed by atoms with van der Waals surface area (Å²) in [5, 5.41) is 3.20. The summed E-state index contributed by atoms with van der Waals surface area (Å²) in [6.45, 7) is 6.94. The summed E-state index contributed by atoms with van der Waals surface area (Å²) in [6, 6.07) is 0.